The van der Waals surface area contributed by atoms with Gasteiger partial charge in [0.15, 0.2) is 0 Å². The van der Waals surface area contributed by atoms with Crippen molar-refractivity contribution in [3.8, 4) is 0 Å². The highest BCUT2D eigenvalue weighted by atomic mass is 16.6. The molecule has 1 N–H and O–H groups in total. The first-order chi connectivity index (χ1) is 11.6. The monoisotopic (exact) mass is 342 g/mol. The molecule has 136 valence electrons. The molecule has 1 saturated heterocycles. The number of ether oxygens (including phenoxy) is 1. The van der Waals surface area contributed by atoms with Crippen molar-refractivity contribution in [3.05, 3.63) is 42.5 Å². The predicted octanol–water partition coefficient (Wildman–Crippen LogP) is 4.43. The molecule has 1 aromatic carbocycles. The van der Waals surface area contributed by atoms with E-state index in [0.29, 0.717) is 0 Å². The van der Waals surface area contributed by atoms with Crippen molar-refractivity contribution in [1.82, 2.24) is 10.2 Å². The van der Waals surface area contributed by atoms with Gasteiger partial charge in [0.1, 0.15) is 5.60 Å². The second-order valence-electron chi connectivity index (χ2n) is 8.79. The summed E-state index contributed by atoms with van der Waals surface area (Å²) in [6.45, 7) is 14.0. The molecule has 1 saturated carbocycles. The minimum Gasteiger partial charge on any atom is -0.444 e. The van der Waals surface area contributed by atoms with Gasteiger partial charge in [0, 0.05) is 24.2 Å². The smallest absolute Gasteiger partial charge is 0.408 e. The van der Waals surface area contributed by atoms with E-state index in [9.17, 15) is 4.79 Å². The van der Waals surface area contributed by atoms with Gasteiger partial charge in [-0.1, -0.05) is 50.3 Å². The van der Waals surface area contributed by atoms with Gasteiger partial charge in [-0.2, -0.15) is 0 Å². The molecule has 1 aliphatic carbocycles. The molecule has 0 bridgehead atoms. The summed E-state index contributed by atoms with van der Waals surface area (Å²) in [5, 5.41) is 3.24. The summed E-state index contributed by atoms with van der Waals surface area (Å²) in [6.07, 6.45) is 2.92. The lowest BCUT2D eigenvalue weighted by Crippen LogP contribution is -2.56. The Morgan fingerprint density at radius 1 is 1.20 bits per heavy atom. The van der Waals surface area contributed by atoms with E-state index in [4.69, 9.17) is 4.74 Å². The van der Waals surface area contributed by atoms with Gasteiger partial charge in [-0.3, -0.25) is 0 Å². The number of nitrogens with one attached hydrogen (secondary N) is 1. The Hall–Kier alpha value is -1.97. The number of hydrogen-bond donors (Lipinski definition) is 1. The lowest BCUT2D eigenvalue weighted by atomic mass is 9.76. The van der Waals surface area contributed by atoms with Crippen molar-refractivity contribution in [2.75, 3.05) is 13.1 Å². The first-order valence-electron chi connectivity index (χ1n) is 9.15. The maximum Gasteiger partial charge on any atom is 0.408 e. The Labute approximate surface area is 151 Å². The van der Waals surface area contributed by atoms with Crippen LogP contribution >= 0.6 is 0 Å². The van der Waals surface area contributed by atoms with E-state index in [-0.39, 0.29) is 17.0 Å². The Kier molecular flexibility index (Phi) is 4.34. The average molecular weight is 342 g/mol. The van der Waals surface area contributed by atoms with Crippen LogP contribution in [0.3, 0.4) is 0 Å². The highest BCUT2D eigenvalue weighted by Gasteiger charge is 2.59. The number of carbonyl (C=O) groups excluding carboxylic acids is 1. The normalized spacial score (nSPS) is 28.6. The van der Waals surface area contributed by atoms with Crippen LogP contribution in [-0.2, 0) is 4.74 Å². The molecule has 2 atom stereocenters. The number of rotatable bonds is 3. The van der Waals surface area contributed by atoms with E-state index in [0.717, 1.165) is 43.6 Å². The van der Waals surface area contributed by atoms with Gasteiger partial charge in [0.2, 0.25) is 0 Å². The van der Waals surface area contributed by atoms with Gasteiger partial charge in [-0.05, 0) is 39.2 Å². The molecule has 0 unspecified atom stereocenters. The zero-order valence-electron chi connectivity index (χ0n) is 15.9. The van der Waals surface area contributed by atoms with Crippen molar-refractivity contribution in [2.45, 2.75) is 58.1 Å². The van der Waals surface area contributed by atoms with Gasteiger partial charge in [-0.15, -0.1) is 0 Å². The Morgan fingerprint density at radius 3 is 2.52 bits per heavy atom. The molecule has 1 heterocycles. The van der Waals surface area contributed by atoms with Gasteiger partial charge < -0.3 is 15.0 Å². The standard InChI is InChI=1S/C21H30N2O2/c1-16(17-10-7-6-8-11-17)23-14-20(5)12-9-13-21(20,15-23)22-18(24)25-19(2,3)4/h6-8,10-11H,1,9,12-15H2,2-5H3,(H,22,24)/t20-,21-/m1/s1. The molecule has 0 radical (unpaired) electrons. The number of benzene rings is 1. The van der Waals surface area contributed by atoms with Gasteiger partial charge in [0.25, 0.3) is 0 Å². The third-order valence-electron chi connectivity index (χ3n) is 5.72. The highest BCUT2D eigenvalue weighted by Crippen LogP contribution is 2.52. The molecule has 1 amide bonds. The number of fused-ring (bicyclic) bond motifs is 1. The zero-order valence-corrected chi connectivity index (χ0v) is 15.9. The number of alkyl carbamates (subject to hydrolysis) is 1. The number of amides is 1. The Balaban J connectivity index is 1.79. The average Bonchev–Trinajstić information content (AvgIpc) is 2.94. The second-order valence-corrected chi connectivity index (χ2v) is 8.79. The van der Waals surface area contributed by atoms with Crippen molar-refractivity contribution < 1.29 is 9.53 Å². The number of carbonyl (C=O) groups is 1. The summed E-state index contributed by atoms with van der Waals surface area (Å²) in [5.74, 6) is 0. The van der Waals surface area contributed by atoms with E-state index < -0.39 is 5.60 Å². The second kappa shape index (κ2) is 6.08. The molecule has 4 nitrogen and oxygen atoms in total. The molecule has 1 aromatic rings. The van der Waals surface area contributed by atoms with E-state index in [1.54, 1.807) is 0 Å². The molecule has 2 fully saturated rings. The fraction of sp³-hybridized carbons (Fsp3) is 0.571. The molecule has 2 aliphatic rings. The van der Waals surface area contributed by atoms with Crippen LogP contribution in [0.15, 0.2) is 36.9 Å². The summed E-state index contributed by atoms with van der Waals surface area (Å²) in [6, 6.07) is 10.3. The molecular weight excluding hydrogens is 312 g/mol. The van der Waals surface area contributed by atoms with Crippen molar-refractivity contribution in [2.24, 2.45) is 5.41 Å². The van der Waals surface area contributed by atoms with E-state index in [1.807, 2.05) is 39.0 Å². The van der Waals surface area contributed by atoms with Crippen LogP contribution in [0.1, 0.15) is 52.5 Å². The Bertz CT molecular complexity index is 664. The lowest BCUT2D eigenvalue weighted by molar-refractivity contribution is 0.0405. The summed E-state index contributed by atoms with van der Waals surface area (Å²) in [5.41, 5.74) is 1.48. The third kappa shape index (κ3) is 3.39. The van der Waals surface area contributed by atoms with E-state index in [1.165, 1.54) is 0 Å². The number of likely N-dealkylation sites (tertiary alicyclic amines) is 1. The number of hydrogen-bond acceptors (Lipinski definition) is 3. The Morgan fingerprint density at radius 2 is 1.88 bits per heavy atom. The topological polar surface area (TPSA) is 41.6 Å². The van der Waals surface area contributed by atoms with Crippen LogP contribution in [0.4, 0.5) is 4.79 Å². The zero-order chi connectivity index (χ0) is 18.3. The third-order valence-corrected chi connectivity index (χ3v) is 5.72. The van der Waals surface area contributed by atoms with Gasteiger partial charge >= 0.3 is 6.09 Å². The van der Waals surface area contributed by atoms with Crippen molar-refractivity contribution in [1.29, 1.82) is 0 Å². The fourth-order valence-electron chi connectivity index (χ4n) is 4.38. The summed E-state index contributed by atoms with van der Waals surface area (Å²) in [7, 11) is 0. The summed E-state index contributed by atoms with van der Waals surface area (Å²) in [4.78, 5) is 14.8. The van der Waals surface area contributed by atoms with Crippen LogP contribution in [0.2, 0.25) is 0 Å². The van der Waals surface area contributed by atoms with Crippen LogP contribution < -0.4 is 5.32 Å². The van der Waals surface area contributed by atoms with Crippen molar-refractivity contribution in [3.63, 3.8) is 0 Å². The largest absolute Gasteiger partial charge is 0.444 e. The molecule has 0 aromatic heterocycles. The first-order valence-corrected chi connectivity index (χ1v) is 9.15. The minimum atomic E-state index is -0.484. The minimum absolute atomic E-state index is 0.0433. The van der Waals surface area contributed by atoms with Crippen LogP contribution in [0, 0.1) is 5.41 Å². The van der Waals surface area contributed by atoms with Crippen LogP contribution in [0.5, 0.6) is 0 Å². The van der Waals surface area contributed by atoms with E-state index in [2.05, 4.69) is 35.9 Å². The molecule has 25 heavy (non-hydrogen) atoms. The van der Waals surface area contributed by atoms with Crippen molar-refractivity contribution >= 4 is 11.8 Å². The summed E-state index contributed by atoms with van der Waals surface area (Å²) >= 11 is 0. The molecular formula is C21H30N2O2. The van der Waals surface area contributed by atoms with Crippen LogP contribution in [0.25, 0.3) is 5.70 Å². The molecule has 3 rings (SSSR count). The fourth-order valence-corrected chi connectivity index (χ4v) is 4.38. The van der Waals surface area contributed by atoms with Gasteiger partial charge in [-0.25, -0.2) is 4.79 Å². The van der Waals surface area contributed by atoms with Crippen LogP contribution in [-0.4, -0.2) is 35.2 Å². The molecule has 0 spiro atoms. The van der Waals surface area contributed by atoms with Gasteiger partial charge in [0.05, 0.1) is 5.54 Å². The predicted molar refractivity (Wildman–Crippen MR) is 101 cm³/mol. The maximum atomic E-state index is 12.5. The lowest BCUT2D eigenvalue weighted by Gasteiger charge is -2.37. The maximum absolute atomic E-state index is 12.5. The molecule has 1 aliphatic heterocycles. The first kappa shape index (κ1) is 17.8. The highest BCUT2D eigenvalue weighted by molar-refractivity contribution is 5.70. The SMILES string of the molecule is C=C(c1ccccc1)N1C[C@@]2(C)CCC[C@@]2(NC(=O)OC(C)(C)C)C1. The number of nitrogens with zero attached hydrogens (tertiary/aromatic N) is 1. The quantitative estimate of drug-likeness (QED) is 0.884. The summed E-state index contributed by atoms with van der Waals surface area (Å²) < 4.78 is 5.54. The van der Waals surface area contributed by atoms with E-state index >= 15 is 0 Å². The molecule has 4 heteroatoms.